The number of nitrogens with zero attached hydrogens (tertiary/aromatic N) is 1. The van der Waals surface area contributed by atoms with E-state index in [1.807, 2.05) is 0 Å². The number of rotatable bonds is 6. The van der Waals surface area contributed by atoms with Crippen LogP contribution in [0.1, 0.15) is 40.3 Å². The molecule has 0 aliphatic heterocycles. The van der Waals surface area contributed by atoms with E-state index in [-0.39, 0.29) is 30.7 Å². The van der Waals surface area contributed by atoms with Gasteiger partial charge < -0.3 is 20.4 Å². The second-order valence-electron chi connectivity index (χ2n) is 6.27. The maximum atomic E-state index is 12.4. The highest BCUT2D eigenvalue weighted by Gasteiger charge is 2.25. The largest absolute Gasteiger partial charge is 0.469 e. The minimum atomic E-state index is -0.423. The zero-order chi connectivity index (χ0) is 20.3. The van der Waals surface area contributed by atoms with Gasteiger partial charge in [0.1, 0.15) is 5.69 Å². The lowest BCUT2D eigenvalue weighted by atomic mass is 9.97. The van der Waals surface area contributed by atoms with Gasteiger partial charge in [0.25, 0.3) is 5.91 Å². The average molecular weight is 534 g/mol. The van der Waals surface area contributed by atoms with Crippen molar-refractivity contribution in [2.24, 2.45) is 0 Å². The SMILES string of the molecule is COC(=O)CCC(=O)Nc1nc2c(s1)C[C@@H](NC(=O)c1cc(Br)c(Br)[nH]1)CC2. The Bertz CT molecular complexity index is 892. The van der Waals surface area contributed by atoms with Crippen molar-refractivity contribution in [3.8, 4) is 0 Å². The number of aryl methyl sites for hydroxylation is 1. The summed E-state index contributed by atoms with van der Waals surface area (Å²) in [6, 6.07) is 1.73. The van der Waals surface area contributed by atoms with Crippen molar-refractivity contribution in [2.45, 2.75) is 38.1 Å². The van der Waals surface area contributed by atoms with E-state index in [1.165, 1.54) is 18.4 Å². The lowest BCUT2D eigenvalue weighted by molar-refractivity contribution is -0.141. The van der Waals surface area contributed by atoms with Gasteiger partial charge in [-0.05, 0) is 50.8 Å². The summed E-state index contributed by atoms with van der Waals surface area (Å²) in [6.07, 6.45) is 2.26. The molecule has 8 nitrogen and oxygen atoms in total. The number of carbonyl (C=O) groups is 3. The maximum Gasteiger partial charge on any atom is 0.306 e. The number of methoxy groups -OCH3 is 1. The van der Waals surface area contributed by atoms with Gasteiger partial charge in [-0.15, -0.1) is 11.3 Å². The number of hydrogen-bond donors (Lipinski definition) is 3. The summed E-state index contributed by atoms with van der Waals surface area (Å²) in [4.78, 5) is 43.9. The molecule has 0 spiro atoms. The molecule has 150 valence electrons. The van der Waals surface area contributed by atoms with Crippen LogP contribution in [-0.2, 0) is 27.2 Å². The molecule has 3 rings (SSSR count). The van der Waals surface area contributed by atoms with Crippen LogP contribution >= 0.6 is 43.2 Å². The molecule has 1 aliphatic carbocycles. The minimum absolute atomic E-state index is 0.00387. The Hall–Kier alpha value is -1.72. The van der Waals surface area contributed by atoms with Gasteiger partial charge in [-0.25, -0.2) is 4.98 Å². The lowest BCUT2D eigenvalue weighted by Crippen LogP contribution is -2.38. The molecular weight excluding hydrogens is 516 g/mol. The van der Waals surface area contributed by atoms with Crippen molar-refractivity contribution in [3.05, 3.63) is 31.4 Å². The molecule has 0 radical (unpaired) electrons. The molecule has 2 heterocycles. The summed E-state index contributed by atoms with van der Waals surface area (Å²) in [5.41, 5.74) is 1.43. The number of ether oxygens (including phenoxy) is 1. The number of hydrogen-bond acceptors (Lipinski definition) is 6. The van der Waals surface area contributed by atoms with E-state index in [0.717, 1.165) is 32.5 Å². The molecular formula is C17H18Br2N4O4S. The molecule has 2 aromatic rings. The third kappa shape index (κ3) is 5.21. The van der Waals surface area contributed by atoms with Crippen LogP contribution in [0.2, 0.25) is 0 Å². The van der Waals surface area contributed by atoms with Crippen LogP contribution in [0.25, 0.3) is 0 Å². The van der Waals surface area contributed by atoms with Crippen LogP contribution in [0, 0.1) is 0 Å². The number of aromatic amines is 1. The topological polar surface area (TPSA) is 113 Å². The normalized spacial score (nSPS) is 15.6. The van der Waals surface area contributed by atoms with Crippen molar-refractivity contribution in [1.29, 1.82) is 0 Å². The van der Waals surface area contributed by atoms with Gasteiger partial charge in [-0.3, -0.25) is 14.4 Å². The number of carbonyl (C=O) groups excluding carboxylic acids is 3. The number of esters is 1. The average Bonchev–Trinajstić information content (AvgIpc) is 3.21. The van der Waals surface area contributed by atoms with Gasteiger partial charge >= 0.3 is 5.97 Å². The van der Waals surface area contributed by atoms with Crippen LogP contribution in [0.15, 0.2) is 15.1 Å². The number of nitrogens with one attached hydrogen (secondary N) is 3. The van der Waals surface area contributed by atoms with Crippen molar-refractivity contribution in [3.63, 3.8) is 0 Å². The number of halogens is 2. The van der Waals surface area contributed by atoms with Gasteiger partial charge in [-0.1, -0.05) is 0 Å². The van der Waals surface area contributed by atoms with Crippen molar-refractivity contribution in [1.82, 2.24) is 15.3 Å². The third-order valence-electron chi connectivity index (χ3n) is 4.27. The molecule has 1 atom stereocenters. The van der Waals surface area contributed by atoms with Crippen LogP contribution in [0.4, 0.5) is 5.13 Å². The summed E-state index contributed by atoms with van der Waals surface area (Å²) in [5, 5.41) is 6.28. The molecule has 11 heteroatoms. The molecule has 28 heavy (non-hydrogen) atoms. The Morgan fingerprint density at radius 3 is 2.82 bits per heavy atom. The van der Waals surface area contributed by atoms with E-state index in [4.69, 9.17) is 0 Å². The predicted octanol–water partition coefficient (Wildman–Crippen LogP) is 3.18. The Kier molecular flexibility index (Phi) is 6.89. The van der Waals surface area contributed by atoms with Gasteiger partial charge in [0.2, 0.25) is 5.91 Å². The Balaban J connectivity index is 1.56. The number of H-pyrrole nitrogens is 1. The Morgan fingerprint density at radius 2 is 2.14 bits per heavy atom. The molecule has 3 N–H and O–H groups in total. The maximum absolute atomic E-state index is 12.4. The quantitative estimate of drug-likeness (QED) is 0.493. The number of anilines is 1. The molecule has 0 fully saturated rings. The highest BCUT2D eigenvalue weighted by molar-refractivity contribution is 9.13. The Labute approximate surface area is 182 Å². The van der Waals surface area contributed by atoms with Gasteiger partial charge in [0, 0.05) is 23.8 Å². The lowest BCUT2D eigenvalue weighted by Gasteiger charge is -2.22. The Morgan fingerprint density at radius 1 is 1.36 bits per heavy atom. The molecule has 0 saturated heterocycles. The first-order chi connectivity index (χ1) is 13.4. The first kappa shape index (κ1) is 21.0. The van der Waals surface area contributed by atoms with Crippen molar-refractivity contribution in [2.75, 3.05) is 12.4 Å². The third-order valence-corrected chi connectivity index (χ3v) is 7.09. The molecule has 1 aliphatic rings. The van der Waals surface area contributed by atoms with E-state index in [9.17, 15) is 14.4 Å². The van der Waals surface area contributed by atoms with Crippen molar-refractivity contribution >= 4 is 66.1 Å². The second-order valence-corrected chi connectivity index (χ2v) is 9.00. The highest BCUT2D eigenvalue weighted by atomic mass is 79.9. The number of thiazole rings is 1. The molecule has 2 amide bonds. The second kappa shape index (κ2) is 9.19. The van der Waals surface area contributed by atoms with E-state index in [1.54, 1.807) is 6.07 Å². The van der Waals surface area contributed by atoms with Crippen LogP contribution < -0.4 is 10.6 Å². The van der Waals surface area contributed by atoms with Crippen molar-refractivity contribution < 1.29 is 19.1 Å². The summed E-state index contributed by atoms with van der Waals surface area (Å²) in [6.45, 7) is 0. The van der Waals surface area contributed by atoms with E-state index >= 15 is 0 Å². The van der Waals surface area contributed by atoms with Crippen LogP contribution in [-0.4, -0.2) is 40.9 Å². The van der Waals surface area contributed by atoms with Crippen LogP contribution in [0.3, 0.4) is 0 Å². The molecule has 0 bridgehead atoms. The van der Waals surface area contributed by atoms with E-state index < -0.39 is 5.97 Å². The highest BCUT2D eigenvalue weighted by Crippen LogP contribution is 2.30. The molecule has 0 saturated carbocycles. The monoisotopic (exact) mass is 532 g/mol. The zero-order valence-corrected chi connectivity index (χ0v) is 18.9. The fraction of sp³-hybridized carbons (Fsp3) is 0.412. The summed E-state index contributed by atoms with van der Waals surface area (Å²) in [7, 11) is 1.29. The number of aromatic nitrogens is 2. The standard InChI is InChI=1S/C17H18Br2N4O4S/c1-27-14(25)5-4-13(24)23-17-22-10-3-2-8(6-12(10)28-17)20-16(26)11-7-9(18)15(19)21-11/h7-8,21H,2-6H2,1H3,(H,20,26)(H,22,23,24)/t8-/m0/s1. The smallest absolute Gasteiger partial charge is 0.306 e. The molecule has 0 unspecified atom stereocenters. The fourth-order valence-corrected chi connectivity index (χ4v) is 4.60. The van der Waals surface area contributed by atoms with E-state index in [0.29, 0.717) is 17.2 Å². The summed E-state index contributed by atoms with van der Waals surface area (Å²) < 4.78 is 6.04. The van der Waals surface area contributed by atoms with Gasteiger partial charge in [0.15, 0.2) is 5.13 Å². The minimum Gasteiger partial charge on any atom is -0.469 e. The van der Waals surface area contributed by atoms with Gasteiger partial charge in [0.05, 0.1) is 28.3 Å². The number of amides is 2. The first-order valence-electron chi connectivity index (χ1n) is 8.55. The molecule has 2 aromatic heterocycles. The van der Waals surface area contributed by atoms with E-state index in [2.05, 4.69) is 57.2 Å². The predicted molar refractivity (Wildman–Crippen MR) is 111 cm³/mol. The van der Waals surface area contributed by atoms with Crippen LogP contribution in [0.5, 0.6) is 0 Å². The molecule has 0 aromatic carbocycles. The number of fused-ring (bicyclic) bond motifs is 1. The summed E-state index contributed by atoms with van der Waals surface area (Å²) in [5.74, 6) is -0.863. The van der Waals surface area contributed by atoms with Gasteiger partial charge in [-0.2, -0.15) is 0 Å². The fourth-order valence-electron chi connectivity index (χ4n) is 2.84. The first-order valence-corrected chi connectivity index (χ1v) is 11.0. The summed E-state index contributed by atoms with van der Waals surface area (Å²) >= 11 is 8.08. The zero-order valence-electron chi connectivity index (χ0n) is 14.9.